The summed E-state index contributed by atoms with van der Waals surface area (Å²) in [7, 11) is 1.42. The van der Waals surface area contributed by atoms with Gasteiger partial charge in [-0.05, 0) is 30.7 Å². The van der Waals surface area contributed by atoms with Gasteiger partial charge in [-0.15, -0.1) is 5.10 Å². The number of anilines is 1. The second-order valence-corrected chi connectivity index (χ2v) is 6.13. The summed E-state index contributed by atoms with van der Waals surface area (Å²) < 4.78 is 5.07. The Hall–Kier alpha value is -2.54. The summed E-state index contributed by atoms with van der Waals surface area (Å²) in [4.78, 5) is 16.7. The topological polar surface area (TPSA) is 78.8 Å². The minimum Gasteiger partial charge on any atom is -0.503 e. The van der Waals surface area contributed by atoms with Gasteiger partial charge < -0.3 is 19.6 Å². The van der Waals surface area contributed by atoms with Crippen LogP contribution in [-0.2, 0) is 0 Å². The normalized spacial score (nSPS) is 15.0. The second-order valence-electron chi connectivity index (χ2n) is 5.72. The van der Waals surface area contributed by atoms with Crippen LogP contribution in [0, 0.1) is 0 Å². The van der Waals surface area contributed by atoms with Crippen LogP contribution >= 0.6 is 11.6 Å². The van der Waals surface area contributed by atoms with Crippen molar-refractivity contribution in [1.29, 1.82) is 0 Å². The standard InChI is InChI=1S/C17H19ClN4O3/c1-25-14-11-12(10-13(18)16(14)23)17(24)22-7-3-6-21(8-9-22)15-4-2-5-19-20-15/h2,4-5,10-11,23H,3,6-9H2,1H3. The Morgan fingerprint density at radius 1 is 1.28 bits per heavy atom. The van der Waals surface area contributed by atoms with Crippen molar-refractivity contribution in [3.63, 3.8) is 0 Å². The number of nitrogens with zero attached hydrogens (tertiary/aromatic N) is 4. The maximum absolute atomic E-state index is 12.8. The Morgan fingerprint density at radius 2 is 2.12 bits per heavy atom. The molecule has 0 aliphatic carbocycles. The number of hydrogen-bond donors (Lipinski definition) is 1. The Kier molecular flexibility index (Phi) is 5.23. The van der Waals surface area contributed by atoms with Crippen molar-refractivity contribution in [2.24, 2.45) is 0 Å². The average molecular weight is 363 g/mol. The summed E-state index contributed by atoms with van der Waals surface area (Å²) in [5, 5.41) is 17.9. The summed E-state index contributed by atoms with van der Waals surface area (Å²) in [6.45, 7) is 2.68. The quantitative estimate of drug-likeness (QED) is 0.901. The van der Waals surface area contributed by atoms with E-state index in [9.17, 15) is 9.90 Å². The fourth-order valence-corrected chi connectivity index (χ4v) is 3.06. The van der Waals surface area contributed by atoms with E-state index in [1.807, 2.05) is 12.1 Å². The molecule has 0 saturated carbocycles. The van der Waals surface area contributed by atoms with Gasteiger partial charge in [0.25, 0.3) is 5.91 Å². The number of hydrogen-bond acceptors (Lipinski definition) is 6. The molecule has 1 aliphatic rings. The molecule has 1 aromatic heterocycles. The fraction of sp³-hybridized carbons (Fsp3) is 0.353. The molecule has 8 heteroatoms. The zero-order chi connectivity index (χ0) is 17.8. The molecule has 7 nitrogen and oxygen atoms in total. The number of rotatable bonds is 3. The van der Waals surface area contributed by atoms with Gasteiger partial charge in [-0.1, -0.05) is 11.6 Å². The van der Waals surface area contributed by atoms with E-state index in [4.69, 9.17) is 16.3 Å². The predicted molar refractivity (Wildman–Crippen MR) is 94.4 cm³/mol. The molecule has 0 unspecified atom stereocenters. The number of phenols is 1. The van der Waals surface area contributed by atoms with Crippen LogP contribution in [0.15, 0.2) is 30.5 Å². The van der Waals surface area contributed by atoms with Gasteiger partial charge in [0.2, 0.25) is 0 Å². The summed E-state index contributed by atoms with van der Waals surface area (Å²) in [5.41, 5.74) is 0.396. The van der Waals surface area contributed by atoms with Crippen molar-refractivity contribution in [2.75, 3.05) is 38.2 Å². The highest BCUT2D eigenvalue weighted by Gasteiger charge is 2.23. The van der Waals surface area contributed by atoms with Crippen LogP contribution in [0.1, 0.15) is 16.8 Å². The number of aromatic hydroxyl groups is 1. The zero-order valence-electron chi connectivity index (χ0n) is 13.9. The number of phenolic OH excluding ortho intramolecular Hbond substituents is 1. The third kappa shape index (κ3) is 3.76. The van der Waals surface area contributed by atoms with Crippen molar-refractivity contribution in [2.45, 2.75) is 6.42 Å². The molecule has 0 bridgehead atoms. The highest BCUT2D eigenvalue weighted by molar-refractivity contribution is 6.32. The van der Waals surface area contributed by atoms with Crippen molar-refractivity contribution >= 4 is 23.3 Å². The summed E-state index contributed by atoms with van der Waals surface area (Å²) in [6, 6.07) is 6.73. The fourth-order valence-electron chi connectivity index (χ4n) is 2.85. The lowest BCUT2D eigenvalue weighted by Crippen LogP contribution is -2.35. The highest BCUT2D eigenvalue weighted by Crippen LogP contribution is 2.35. The van der Waals surface area contributed by atoms with E-state index in [1.54, 1.807) is 11.1 Å². The van der Waals surface area contributed by atoms with E-state index in [2.05, 4.69) is 15.1 Å². The van der Waals surface area contributed by atoms with Crippen molar-refractivity contribution in [3.8, 4) is 11.5 Å². The first kappa shape index (κ1) is 17.3. The van der Waals surface area contributed by atoms with E-state index in [-0.39, 0.29) is 22.4 Å². The number of halogens is 1. The number of benzene rings is 1. The van der Waals surface area contributed by atoms with Gasteiger partial charge in [-0.25, -0.2) is 0 Å². The molecule has 25 heavy (non-hydrogen) atoms. The van der Waals surface area contributed by atoms with Gasteiger partial charge in [-0.2, -0.15) is 5.10 Å². The third-order valence-corrected chi connectivity index (χ3v) is 4.45. The Labute approximate surface area is 150 Å². The minimum atomic E-state index is -0.162. The van der Waals surface area contributed by atoms with E-state index < -0.39 is 0 Å². The van der Waals surface area contributed by atoms with Crippen LogP contribution in [0.3, 0.4) is 0 Å². The maximum atomic E-state index is 12.8. The first-order valence-electron chi connectivity index (χ1n) is 7.98. The van der Waals surface area contributed by atoms with Gasteiger partial charge in [-0.3, -0.25) is 4.79 Å². The summed E-state index contributed by atoms with van der Waals surface area (Å²) in [5.74, 6) is 0.699. The molecular formula is C17H19ClN4O3. The molecule has 1 fully saturated rings. The van der Waals surface area contributed by atoms with Crippen LogP contribution < -0.4 is 9.64 Å². The first-order valence-corrected chi connectivity index (χ1v) is 8.36. The van der Waals surface area contributed by atoms with Gasteiger partial charge in [0.15, 0.2) is 17.3 Å². The predicted octanol–water partition coefficient (Wildman–Crippen LogP) is 2.20. The number of ether oxygens (including phenoxy) is 1. The Bertz CT molecular complexity index is 757. The Balaban J connectivity index is 1.74. The van der Waals surface area contributed by atoms with Gasteiger partial charge in [0, 0.05) is 37.9 Å². The zero-order valence-corrected chi connectivity index (χ0v) is 14.6. The molecule has 2 heterocycles. The molecule has 0 atom stereocenters. The number of carbonyl (C=O) groups excluding carboxylic acids is 1. The molecule has 1 amide bonds. The molecule has 1 saturated heterocycles. The van der Waals surface area contributed by atoms with E-state index >= 15 is 0 Å². The largest absolute Gasteiger partial charge is 0.503 e. The lowest BCUT2D eigenvalue weighted by molar-refractivity contribution is 0.0766. The van der Waals surface area contributed by atoms with Crippen LogP contribution in [0.2, 0.25) is 5.02 Å². The summed E-state index contributed by atoms with van der Waals surface area (Å²) >= 11 is 5.99. The summed E-state index contributed by atoms with van der Waals surface area (Å²) in [6.07, 6.45) is 2.46. The van der Waals surface area contributed by atoms with Crippen LogP contribution in [0.5, 0.6) is 11.5 Å². The molecular weight excluding hydrogens is 344 g/mol. The third-order valence-electron chi connectivity index (χ3n) is 4.16. The van der Waals surface area contributed by atoms with Gasteiger partial charge in [0.1, 0.15) is 0 Å². The molecule has 1 N–H and O–H groups in total. The smallest absolute Gasteiger partial charge is 0.254 e. The van der Waals surface area contributed by atoms with Gasteiger partial charge >= 0.3 is 0 Å². The van der Waals surface area contributed by atoms with Crippen molar-refractivity contribution in [1.82, 2.24) is 15.1 Å². The monoisotopic (exact) mass is 362 g/mol. The van der Waals surface area contributed by atoms with Gasteiger partial charge in [0.05, 0.1) is 12.1 Å². The molecule has 1 aliphatic heterocycles. The lowest BCUT2D eigenvalue weighted by Gasteiger charge is -2.22. The second kappa shape index (κ2) is 7.57. The lowest BCUT2D eigenvalue weighted by atomic mass is 10.1. The SMILES string of the molecule is COc1cc(C(=O)N2CCCN(c3cccnn3)CC2)cc(Cl)c1O. The highest BCUT2D eigenvalue weighted by atomic mass is 35.5. The number of amides is 1. The Morgan fingerprint density at radius 3 is 2.84 bits per heavy atom. The van der Waals surface area contributed by atoms with Crippen LogP contribution in [0.25, 0.3) is 0 Å². The first-order chi connectivity index (χ1) is 12.1. The van der Waals surface area contributed by atoms with Crippen molar-refractivity contribution in [3.05, 3.63) is 41.0 Å². The molecule has 0 radical (unpaired) electrons. The van der Waals surface area contributed by atoms with Crippen LogP contribution in [0.4, 0.5) is 5.82 Å². The van der Waals surface area contributed by atoms with E-state index in [1.165, 1.54) is 19.2 Å². The molecule has 3 rings (SSSR count). The van der Waals surface area contributed by atoms with E-state index in [0.29, 0.717) is 25.2 Å². The molecule has 2 aromatic rings. The average Bonchev–Trinajstić information content (AvgIpc) is 2.90. The number of carbonyl (C=O) groups is 1. The molecule has 1 aromatic carbocycles. The number of aromatic nitrogens is 2. The number of methoxy groups -OCH3 is 1. The molecule has 0 spiro atoms. The molecule has 132 valence electrons. The van der Waals surface area contributed by atoms with Crippen LogP contribution in [-0.4, -0.2) is 59.4 Å². The maximum Gasteiger partial charge on any atom is 0.254 e. The minimum absolute atomic E-state index is 0.0960. The van der Waals surface area contributed by atoms with E-state index in [0.717, 1.165) is 18.8 Å². The van der Waals surface area contributed by atoms with Crippen molar-refractivity contribution < 1.29 is 14.6 Å².